The zero-order valence-electron chi connectivity index (χ0n) is 7.48. The predicted molar refractivity (Wildman–Crippen MR) is 54.9 cm³/mol. The third-order valence-electron chi connectivity index (χ3n) is 2.04. The highest BCUT2D eigenvalue weighted by Crippen LogP contribution is 2.18. The lowest BCUT2D eigenvalue weighted by molar-refractivity contribution is 0.320. The first-order chi connectivity index (χ1) is 6.74. The molecule has 0 atom stereocenters. The number of nitrogens with zero attached hydrogens (tertiary/aromatic N) is 3. The second kappa shape index (κ2) is 3.31. The Morgan fingerprint density at radius 2 is 2.21 bits per heavy atom. The molecule has 1 N–H and O–H groups in total. The fourth-order valence-corrected chi connectivity index (χ4v) is 1.55. The van der Waals surface area contributed by atoms with E-state index in [1.54, 1.807) is 4.68 Å². The van der Waals surface area contributed by atoms with Crippen molar-refractivity contribution in [3.05, 3.63) is 30.0 Å². The third kappa shape index (κ3) is 1.24. The molecule has 1 aromatic heterocycles. The molecular weight excluding hydrogens is 202 g/mol. The van der Waals surface area contributed by atoms with Gasteiger partial charge in [-0.15, -0.1) is 0 Å². The average Bonchev–Trinajstić information content (AvgIpc) is 2.56. The normalized spacial score (nSPS) is 12.3. The number of rotatable bonds is 1. The number of benzene rings is 1. The van der Waals surface area contributed by atoms with E-state index >= 15 is 0 Å². The molecule has 0 radical (unpaired) electrons. The number of hydrogen-bond donors (Lipinski definition) is 1. The first-order valence-corrected chi connectivity index (χ1v) is 4.41. The second-order valence-corrected chi connectivity index (χ2v) is 3.24. The van der Waals surface area contributed by atoms with Crippen LogP contribution in [0.3, 0.4) is 0 Å². The summed E-state index contributed by atoms with van der Waals surface area (Å²) in [5.74, 6) is 0. The van der Waals surface area contributed by atoms with Crippen LogP contribution in [0.5, 0.6) is 0 Å². The van der Waals surface area contributed by atoms with Gasteiger partial charge in [0.2, 0.25) is 0 Å². The van der Waals surface area contributed by atoms with E-state index in [0.29, 0.717) is 5.69 Å². The number of para-hydroxylation sites is 1. The SMILES string of the molecule is Cn1nc(C(Cl)=NO)c2ccccc21. The minimum absolute atomic E-state index is 0.00167. The maximum atomic E-state index is 8.56. The molecule has 0 aliphatic heterocycles. The van der Waals surface area contributed by atoms with Crippen LogP contribution in [0, 0.1) is 0 Å². The predicted octanol–water partition coefficient (Wildman–Crippen LogP) is 1.95. The largest absolute Gasteiger partial charge is 0.410 e. The summed E-state index contributed by atoms with van der Waals surface area (Å²) in [6.45, 7) is 0. The molecule has 0 aliphatic rings. The molecule has 5 heteroatoms. The first kappa shape index (κ1) is 9.02. The van der Waals surface area contributed by atoms with Gasteiger partial charge in [-0.05, 0) is 6.07 Å². The highest BCUT2D eigenvalue weighted by molar-refractivity contribution is 6.70. The molecule has 0 bridgehead atoms. The molecule has 0 amide bonds. The van der Waals surface area contributed by atoms with Crippen LogP contribution >= 0.6 is 11.6 Å². The van der Waals surface area contributed by atoms with Crippen molar-refractivity contribution in [2.75, 3.05) is 0 Å². The Balaban J connectivity index is 2.79. The molecule has 0 aliphatic carbocycles. The number of hydrogen-bond acceptors (Lipinski definition) is 3. The fraction of sp³-hybridized carbons (Fsp3) is 0.111. The summed E-state index contributed by atoms with van der Waals surface area (Å²) in [6.07, 6.45) is 0. The molecule has 1 aromatic carbocycles. The van der Waals surface area contributed by atoms with Crippen molar-refractivity contribution in [1.29, 1.82) is 0 Å². The summed E-state index contributed by atoms with van der Waals surface area (Å²) < 4.78 is 1.69. The van der Waals surface area contributed by atoms with Gasteiger partial charge in [-0.1, -0.05) is 35.0 Å². The molecule has 2 rings (SSSR count). The summed E-state index contributed by atoms with van der Waals surface area (Å²) in [5.41, 5.74) is 1.44. The number of halogens is 1. The zero-order valence-corrected chi connectivity index (χ0v) is 8.23. The smallest absolute Gasteiger partial charge is 0.196 e. The van der Waals surface area contributed by atoms with Gasteiger partial charge in [0.1, 0.15) is 5.69 Å². The fourth-order valence-electron chi connectivity index (χ4n) is 1.41. The van der Waals surface area contributed by atoms with Crippen LogP contribution in [-0.4, -0.2) is 20.2 Å². The molecular formula is C9H8ClN3O. The molecule has 1 heterocycles. The Bertz CT molecular complexity index is 504. The van der Waals surface area contributed by atoms with Crippen molar-refractivity contribution in [1.82, 2.24) is 9.78 Å². The molecule has 72 valence electrons. The number of fused-ring (bicyclic) bond motifs is 1. The van der Waals surface area contributed by atoms with E-state index in [2.05, 4.69) is 10.3 Å². The molecule has 14 heavy (non-hydrogen) atoms. The van der Waals surface area contributed by atoms with Crippen LogP contribution in [0.15, 0.2) is 29.4 Å². The van der Waals surface area contributed by atoms with Gasteiger partial charge >= 0.3 is 0 Å². The number of aromatic nitrogens is 2. The van der Waals surface area contributed by atoms with Gasteiger partial charge in [0.05, 0.1) is 5.52 Å². The summed E-state index contributed by atoms with van der Waals surface area (Å²) in [4.78, 5) is 0. The molecule has 0 unspecified atom stereocenters. The summed E-state index contributed by atoms with van der Waals surface area (Å²) in [6, 6.07) is 7.60. The van der Waals surface area contributed by atoms with Gasteiger partial charge in [0, 0.05) is 12.4 Å². The van der Waals surface area contributed by atoms with Crippen molar-refractivity contribution in [2.45, 2.75) is 0 Å². The maximum absolute atomic E-state index is 8.56. The summed E-state index contributed by atoms with van der Waals surface area (Å²) >= 11 is 5.71. The standard InChI is InChI=1S/C9H8ClN3O/c1-13-7-5-3-2-4-6(7)8(11-13)9(10)12-14/h2-5,14H,1H3. The average molecular weight is 210 g/mol. The van der Waals surface area contributed by atoms with E-state index in [1.165, 1.54) is 0 Å². The lowest BCUT2D eigenvalue weighted by atomic mass is 10.2. The van der Waals surface area contributed by atoms with E-state index in [9.17, 15) is 0 Å². The number of aryl methyl sites for hydroxylation is 1. The monoisotopic (exact) mass is 209 g/mol. The first-order valence-electron chi connectivity index (χ1n) is 4.03. The van der Waals surface area contributed by atoms with Crippen LogP contribution in [0.2, 0.25) is 0 Å². The highest BCUT2D eigenvalue weighted by Gasteiger charge is 2.11. The molecule has 0 spiro atoms. The molecule has 2 aromatic rings. The third-order valence-corrected chi connectivity index (χ3v) is 2.30. The maximum Gasteiger partial charge on any atom is 0.196 e. The minimum atomic E-state index is 0.00167. The van der Waals surface area contributed by atoms with Crippen molar-refractivity contribution >= 4 is 27.7 Å². The quantitative estimate of drug-likeness (QED) is 0.443. The Kier molecular flexibility index (Phi) is 2.13. The van der Waals surface area contributed by atoms with E-state index < -0.39 is 0 Å². The minimum Gasteiger partial charge on any atom is -0.410 e. The zero-order chi connectivity index (χ0) is 10.1. The van der Waals surface area contributed by atoms with Gasteiger partial charge < -0.3 is 5.21 Å². The van der Waals surface area contributed by atoms with Gasteiger partial charge in [-0.25, -0.2) is 0 Å². The van der Waals surface area contributed by atoms with Crippen molar-refractivity contribution in [3.63, 3.8) is 0 Å². The van der Waals surface area contributed by atoms with Gasteiger partial charge in [0.25, 0.3) is 0 Å². The van der Waals surface area contributed by atoms with E-state index in [1.807, 2.05) is 31.3 Å². The van der Waals surface area contributed by atoms with Gasteiger partial charge in [-0.3, -0.25) is 4.68 Å². The van der Waals surface area contributed by atoms with Crippen LogP contribution < -0.4 is 0 Å². The lowest BCUT2D eigenvalue weighted by Gasteiger charge is -1.90. The highest BCUT2D eigenvalue weighted by atomic mass is 35.5. The Morgan fingerprint density at radius 3 is 2.93 bits per heavy atom. The molecule has 0 saturated heterocycles. The van der Waals surface area contributed by atoms with E-state index in [-0.39, 0.29) is 5.17 Å². The van der Waals surface area contributed by atoms with E-state index in [0.717, 1.165) is 10.9 Å². The second-order valence-electron chi connectivity index (χ2n) is 2.88. The summed E-state index contributed by atoms with van der Waals surface area (Å²) in [7, 11) is 1.81. The van der Waals surface area contributed by atoms with Crippen molar-refractivity contribution < 1.29 is 5.21 Å². The summed E-state index contributed by atoms with van der Waals surface area (Å²) in [5, 5.41) is 16.5. The van der Waals surface area contributed by atoms with Gasteiger partial charge in [-0.2, -0.15) is 5.10 Å². The van der Waals surface area contributed by atoms with Crippen LogP contribution in [0.25, 0.3) is 10.9 Å². The Hall–Kier alpha value is -1.55. The Morgan fingerprint density at radius 1 is 1.50 bits per heavy atom. The number of oxime groups is 1. The lowest BCUT2D eigenvalue weighted by Crippen LogP contribution is -1.95. The molecule has 4 nitrogen and oxygen atoms in total. The van der Waals surface area contributed by atoms with Crippen LogP contribution in [-0.2, 0) is 7.05 Å². The van der Waals surface area contributed by atoms with Crippen LogP contribution in [0.4, 0.5) is 0 Å². The molecule has 0 saturated carbocycles. The Labute approximate surface area is 85.4 Å². The topological polar surface area (TPSA) is 50.4 Å². The molecule has 0 fully saturated rings. The van der Waals surface area contributed by atoms with Crippen molar-refractivity contribution in [3.8, 4) is 0 Å². The van der Waals surface area contributed by atoms with E-state index in [4.69, 9.17) is 16.8 Å². The van der Waals surface area contributed by atoms with Crippen molar-refractivity contribution in [2.24, 2.45) is 12.2 Å². The van der Waals surface area contributed by atoms with Crippen LogP contribution in [0.1, 0.15) is 5.69 Å². The van der Waals surface area contributed by atoms with Gasteiger partial charge in [0.15, 0.2) is 5.17 Å².